The largest absolute Gasteiger partial charge is 0.458 e. The minimum absolute atomic E-state index is 0.144. The highest BCUT2D eigenvalue weighted by atomic mass is 16.5. The first kappa shape index (κ1) is 61.9. The second-order valence-electron chi connectivity index (χ2n) is 30.5. The maximum atomic E-state index is 7.39. The van der Waals surface area contributed by atoms with Crippen molar-refractivity contribution in [3.05, 3.63) is 284 Å². The van der Waals surface area contributed by atoms with Crippen LogP contribution < -0.4 is 78.7 Å². The Hall–Kier alpha value is -11.1. The summed E-state index contributed by atoms with van der Waals surface area (Å²) in [7, 11) is 0. The first-order chi connectivity index (χ1) is 49.3. The lowest BCUT2D eigenvalue weighted by Gasteiger charge is -2.48. The van der Waals surface area contributed by atoms with Crippen molar-refractivity contribution in [2.24, 2.45) is 0 Å². The van der Waals surface area contributed by atoms with Crippen LogP contribution in [0.2, 0.25) is 0 Å². The van der Waals surface area contributed by atoms with Gasteiger partial charge in [0.25, 0.3) is 20.1 Å². The summed E-state index contributed by atoms with van der Waals surface area (Å²) >= 11 is 0. The number of fused-ring (bicyclic) bond motifs is 12. The van der Waals surface area contributed by atoms with Crippen LogP contribution in [0.15, 0.2) is 200 Å². The maximum absolute atomic E-state index is 7.39. The molecule has 0 aromatic heterocycles. The van der Waals surface area contributed by atoms with E-state index in [0.717, 1.165) is 84.6 Å². The van der Waals surface area contributed by atoms with E-state index in [0.29, 0.717) is 0 Å². The molecule has 0 aliphatic carbocycles. The van der Waals surface area contributed by atoms with Crippen LogP contribution in [0, 0.1) is 104 Å². The van der Waals surface area contributed by atoms with Gasteiger partial charge in [-0.3, -0.25) is 0 Å². The summed E-state index contributed by atoms with van der Waals surface area (Å²) in [5.74, 6) is 3.56. The third-order valence-corrected chi connectivity index (χ3v) is 23.4. The molecule has 9 heteroatoms. The first-order valence-electron chi connectivity index (χ1n) is 36.3. The Kier molecular flexibility index (Phi) is 13.6. The number of nitrogens with zero attached hydrogens (tertiary/aromatic N) is 3. The van der Waals surface area contributed by atoms with Crippen LogP contribution >= 0.6 is 0 Å². The Labute approximate surface area is 601 Å². The van der Waals surface area contributed by atoms with Crippen molar-refractivity contribution in [1.82, 2.24) is 0 Å². The Balaban J connectivity index is 0.975. The molecule has 6 nitrogen and oxygen atoms in total. The Morgan fingerprint density at radius 2 is 0.578 bits per heavy atom. The average molecular weight is 1320 g/mol. The zero-order valence-corrected chi connectivity index (χ0v) is 60.9. The van der Waals surface area contributed by atoms with Gasteiger partial charge in [0.05, 0.1) is 17.1 Å². The van der Waals surface area contributed by atoms with Crippen LogP contribution in [0.25, 0.3) is 33.4 Å². The van der Waals surface area contributed by atoms with Gasteiger partial charge in [0.15, 0.2) is 0 Å². The molecule has 0 saturated carbocycles. The molecule has 0 amide bonds. The van der Waals surface area contributed by atoms with E-state index in [1.807, 2.05) is 0 Å². The topological polar surface area (TPSA) is 40.2 Å². The van der Waals surface area contributed by atoms with Gasteiger partial charge < -0.3 is 29.5 Å². The summed E-state index contributed by atoms with van der Waals surface area (Å²) in [5.41, 5.74) is 49.3. The fourth-order valence-corrected chi connectivity index (χ4v) is 19.8. The van der Waals surface area contributed by atoms with Gasteiger partial charge in [0.1, 0.15) is 23.0 Å². The van der Waals surface area contributed by atoms with Gasteiger partial charge in [0.2, 0.25) is 0 Å². The smallest absolute Gasteiger partial charge is 0.256 e. The molecule has 0 radical (unpaired) electrons. The maximum Gasteiger partial charge on any atom is 0.256 e. The molecule has 13 aromatic carbocycles. The van der Waals surface area contributed by atoms with Crippen molar-refractivity contribution in [1.29, 1.82) is 0 Å². The van der Waals surface area contributed by atoms with E-state index in [4.69, 9.17) is 9.47 Å². The zero-order chi connectivity index (χ0) is 69.9. The van der Waals surface area contributed by atoms with E-state index in [1.165, 1.54) is 167 Å². The van der Waals surface area contributed by atoms with Crippen LogP contribution in [0.3, 0.4) is 0 Å². The highest BCUT2D eigenvalue weighted by Gasteiger charge is 2.51. The van der Waals surface area contributed by atoms with Gasteiger partial charge in [0, 0.05) is 45.5 Å². The quantitative estimate of drug-likeness (QED) is 0.167. The van der Waals surface area contributed by atoms with Crippen LogP contribution in [0.4, 0.5) is 62.6 Å². The molecule has 13 aromatic rings. The summed E-state index contributed by atoms with van der Waals surface area (Å²) in [6.07, 6.45) is 0. The van der Waals surface area contributed by atoms with Gasteiger partial charge >= 0.3 is 0 Å². The molecule has 6 aliphatic rings. The molecule has 0 spiro atoms. The number of benzene rings is 13. The third-order valence-electron chi connectivity index (χ3n) is 23.4. The Morgan fingerprint density at radius 3 is 1.00 bits per heavy atom. The Bertz CT molecular complexity index is 5810. The van der Waals surface area contributed by atoms with Gasteiger partial charge in [-0.05, 0) is 314 Å². The van der Waals surface area contributed by atoms with E-state index in [1.54, 1.807) is 0 Å². The number of hydrogen-bond acceptors (Lipinski definition) is 6. The highest BCUT2D eigenvalue weighted by molar-refractivity contribution is 7.04. The monoisotopic (exact) mass is 1320 g/mol. The fraction of sp³-hybridized carbons (Fsp3) is 0.161. The van der Waals surface area contributed by atoms with Crippen molar-refractivity contribution >= 4 is 132 Å². The van der Waals surface area contributed by atoms with E-state index in [9.17, 15) is 0 Å². The molecule has 1 N–H and O–H groups in total. The lowest BCUT2D eigenvalue weighted by molar-refractivity contribution is 0.487. The van der Waals surface area contributed by atoms with Crippen LogP contribution in [-0.2, 0) is 0 Å². The van der Waals surface area contributed by atoms with Crippen LogP contribution in [0.1, 0.15) is 83.5 Å². The summed E-state index contributed by atoms with van der Waals surface area (Å²) < 4.78 is 14.6. The van der Waals surface area contributed by atoms with Crippen molar-refractivity contribution < 1.29 is 9.47 Å². The first-order valence-corrected chi connectivity index (χ1v) is 36.3. The molecule has 0 saturated heterocycles. The summed E-state index contributed by atoms with van der Waals surface area (Å²) in [6.45, 7) is 33.6. The lowest BCUT2D eigenvalue weighted by Crippen LogP contribution is -2.66. The normalized spacial score (nSPS) is 13.6. The molecule has 102 heavy (non-hydrogen) atoms. The van der Waals surface area contributed by atoms with Gasteiger partial charge in [-0.1, -0.05) is 156 Å². The predicted molar refractivity (Wildman–Crippen MR) is 435 cm³/mol. The number of hydrogen-bond donors (Lipinski definition) is 1. The molecule has 0 unspecified atom stereocenters. The van der Waals surface area contributed by atoms with Crippen molar-refractivity contribution in [2.45, 2.75) is 104 Å². The number of para-hydroxylation sites is 2. The van der Waals surface area contributed by atoms with Crippen molar-refractivity contribution in [3.63, 3.8) is 0 Å². The zero-order valence-electron chi connectivity index (χ0n) is 60.9. The second kappa shape index (κ2) is 22.4. The SMILES string of the molecule is Cc1cc(C)c(N2c3cc4c(cc3B3c5ccccc5Oc5cc(-c6c(C)cccc6C)cc2c53)B2c3cc5c(cc3N(c3c(C)cc(C)cc3C)c3cc(-c6c(C)cccc6C)cc(c32)N4c2c(C)cc(C)cc2C)Nc2cc(-c3c(C)cccc3C)cc3c2B5c2ccccc2O3)c(C)c1. The van der Waals surface area contributed by atoms with E-state index >= 15 is 0 Å². The molecule has 492 valence electrons. The van der Waals surface area contributed by atoms with Crippen molar-refractivity contribution in [2.75, 3.05) is 20.0 Å². The molecule has 6 heterocycles. The minimum atomic E-state index is -0.270. The fourth-order valence-electron chi connectivity index (χ4n) is 19.8. The number of nitrogens with one attached hydrogen (secondary N) is 1. The highest BCUT2D eigenvalue weighted by Crippen LogP contribution is 2.53. The van der Waals surface area contributed by atoms with E-state index < -0.39 is 0 Å². The van der Waals surface area contributed by atoms with Gasteiger partial charge in [-0.2, -0.15) is 0 Å². The van der Waals surface area contributed by atoms with Crippen LogP contribution in [-0.4, -0.2) is 20.1 Å². The number of ether oxygens (including phenoxy) is 2. The molecule has 0 fully saturated rings. The predicted octanol–water partition coefficient (Wildman–Crippen LogP) is 18.5. The molecule has 6 aliphatic heterocycles. The van der Waals surface area contributed by atoms with E-state index in [-0.39, 0.29) is 20.1 Å². The summed E-state index contributed by atoms with van der Waals surface area (Å²) in [6, 6.07) is 77.2. The summed E-state index contributed by atoms with van der Waals surface area (Å²) in [4.78, 5) is 8.05. The van der Waals surface area contributed by atoms with Gasteiger partial charge in [-0.25, -0.2) is 0 Å². The lowest BCUT2D eigenvalue weighted by atomic mass is 9.29. The minimum Gasteiger partial charge on any atom is -0.458 e. The molecule has 0 atom stereocenters. The van der Waals surface area contributed by atoms with E-state index in [2.05, 4.69) is 324 Å². The molecular weight excluding hydrogens is 1240 g/mol. The number of anilines is 11. The second-order valence-corrected chi connectivity index (χ2v) is 30.5. The average Bonchev–Trinajstić information content (AvgIpc) is 0.681. The number of rotatable bonds is 6. The van der Waals surface area contributed by atoms with Crippen molar-refractivity contribution in [3.8, 4) is 56.4 Å². The molecular formula is C93H79B3N4O2. The third kappa shape index (κ3) is 8.95. The number of aryl methyl sites for hydroxylation is 15. The van der Waals surface area contributed by atoms with Crippen LogP contribution in [0.5, 0.6) is 23.0 Å². The molecule has 0 bridgehead atoms. The standard InChI is InChI=1S/C93H79B3N4O2/c1-49-33-58(10)91(59(11)34-49)98-75-47-73-69(94-67-29-16-18-31-81(67)101-83-43-64(39-74(97-73)88(83)94)85-52(4)23-20-24-53(85)5)45-70(75)96-72-46-71-76(48-77(72)99(92-60(12)35-50(2)36-61(92)13)79-41-65(40-78(98)89(79)96)86-54(6)25-21-26-55(86)7)100(93-62(14)37-51(3)38-63(93)15)80-42-66(87-56(8)27-22-28-57(87)9)44-84-90(80)95(71)68-30-17-19-32-82(68)102-84/h16-48,97H,1-15H3. The van der Waals surface area contributed by atoms with Gasteiger partial charge in [-0.15, -0.1) is 0 Å². The molecule has 19 rings (SSSR count). The Morgan fingerprint density at radius 1 is 0.245 bits per heavy atom. The summed E-state index contributed by atoms with van der Waals surface area (Å²) in [5, 5.41) is 4.22.